The molecule has 0 radical (unpaired) electrons. The molecular formula is C13H16Br2N2O2. The average molecular weight is 392 g/mol. The number of carbonyl (C=O) groups is 1. The van der Waals surface area contributed by atoms with Crippen LogP contribution in [0.1, 0.15) is 13.8 Å². The van der Waals surface area contributed by atoms with Crippen molar-refractivity contribution in [3.05, 3.63) is 27.1 Å². The third kappa shape index (κ3) is 3.94. The molecule has 1 heterocycles. The van der Waals surface area contributed by atoms with Crippen LogP contribution in [-0.4, -0.2) is 36.2 Å². The highest BCUT2D eigenvalue weighted by atomic mass is 79.9. The van der Waals surface area contributed by atoms with Gasteiger partial charge in [-0.1, -0.05) is 15.9 Å². The fourth-order valence-corrected chi connectivity index (χ4v) is 2.84. The SMILES string of the molecule is C[C@@H]1CN(C(=O)Nc2cc(Br)ccc2Br)C[C@@H](C)O1. The molecule has 1 N–H and O–H groups in total. The zero-order valence-electron chi connectivity index (χ0n) is 10.8. The maximum Gasteiger partial charge on any atom is 0.322 e. The van der Waals surface area contributed by atoms with Gasteiger partial charge in [-0.25, -0.2) is 4.79 Å². The summed E-state index contributed by atoms with van der Waals surface area (Å²) in [5.41, 5.74) is 0.756. The Morgan fingerprint density at radius 3 is 2.58 bits per heavy atom. The van der Waals surface area contributed by atoms with E-state index in [4.69, 9.17) is 4.74 Å². The second-order valence-electron chi connectivity index (χ2n) is 4.72. The summed E-state index contributed by atoms with van der Waals surface area (Å²) in [7, 11) is 0. The van der Waals surface area contributed by atoms with Gasteiger partial charge in [-0.05, 0) is 48.0 Å². The summed E-state index contributed by atoms with van der Waals surface area (Å²) in [6.45, 7) is 5.18. The van der Waals surface area contributed by atoms with E-state index in [0.717, 1.165) is 14.6 Å². The van der Waals surface area contributed by atoms with E-state index < -0.39 is 0 Å². The minimum atomic E-state index is -0.0965. The van der Waals surface area contributed by atoms with E-state index in [0.29, 0.717) is 13.1 Å². The summed E-state index contributed by atoms with van der Waals surface area (Å²) in [6.07, 6.45) is 0.140. The molecule has 0 unspecified atom stereocenters. The van der Waals surface area contributed by atoms with E-state index in [1.165, 1.54) is 0 Å². The van der Waals surface area contributed by atoms with Gasteiger partial charge in [-0.2, -0.15) is 0 Å². The van der Waals surface area contributed by atoms with Crippen molar-refractivity contribution in [3.8, 4) is 0 Å². The number of amides is 2. The lowest BCUT2D eigenvalue weighted by Gasteiger charge is -2.35. The number of nitrogens with zero attached hydrogens (tertiary/aromatic N) is 1. The first-order valence-electron chi connectivity index (χ1n) is 6.12. The van der Waals surface area contributed by atoms with Crippen LogP contribution in [0.25, 0.3) is 0 Å². The quantitative estimate of drug-likeness (QED) is 0.789. The van der Waals surface area contributed by atoms with E-state index in [9.17, 15) is 4.79 Å². The van der Waals surface area contributed by atoms with Crippen molar-refractivity contribution in [2.75, 3.05) is 18.4 Å². The van der Waals surface area contributed by atoms with E-state index >= 15 is 0 Å². The number of hydrogen-bond acceptors (Lipinski definition) is 2. The van der Waals surface area contributed by atoms with Gasteiger partial charge in [-0.15, -0.1) is 0 Å². The van der Waals surface area contributed by atoms with Gasteiger partial charge < -0.3 is 15.0 Å². The van der Waals surface area contributed by atoms with E-state index in [1.54, 1.807) is 4.90 Å². The Morgan fingerprint density at radius 2 is 1.95 bits per heavy atom. The van der Waals surface area contributed by atoms with Gasteiger partial charge in [0.25, 0.3) is 0 Å². The van der Waals surface area contributed by atoms with Crippen LogP contribution in [0.5, 0.6) is 0 Å². The van der Waals surface area contributed by atoms with Crippen LogP contribution < -0.4 is 5.32 Å². The van der Waals surface area contributed by atoms with Crippen LogP contribution in [0.4, 0.5) is 10.5 Å². The summed E-state index contributed by atoms with van der Waals surface area (Å²) < 4.78 is 7.41. The molecule has 0 bridgehead atoms. The lowest BCUT2D eigenvalue weighted by Crippen LogP contribution is -2.49. The largest absolute Gasteiger partial charge is 0.372 e. The number of anilines is 1. The number of halogens is 2. The predicted octanol–water partition coefficient (Wildman–Crippen LogP) is 3.85. The molecule has 1 aromatic carbocycles. The highest BCUT2D eigenvalue weighted by Gasteiger charge is 2.26. The molecule has 1 aromatic rings. The van der Waals surface area contributed by atoms with Crippen molar-refractivity contribution >= 4 is 43.6 Å². The Morgan fingerprint density at radius 1 is 1.32 bits per heavy atom. The van der Waals surface area contributed by atoms with Crippen molar-refractivity contribution in [2.45, 2.75) is 26.1 Å². The van der Waals surface area contributed by atoms with Crippen LogP contribution in [0.15, 0.2) is 27.1 Å². The molecule has 0 aromatic heterocycles. The lowest BCUT2D eigenvalue weighted by atomic mass is 10.2. The van der Waals surface area contributed by atoms with E-state index in [-0.39, 0.29) is 18.2 Å². The molecule has 1 aliphatic rings. The molecule has 1 fully saturated rings. The zero-order valence-corrected chi connectivity index (χ0v) is 14.0. The van der Waals surface area contributed by atoms with Crippen molar-refractivity contribution in [1.82, 2.24) is 4.90 Å². The fraction of sp³-hybridized carbons (Fsp3) is 0.462. The van der Waals surface area contributed by atoms with Crippen LogP contribution in [0, 0.1) is 0 Å². The Bertz CT molecular complexity index is 472. The summed E-state index contributed by atoms with van der Waals surface area (Å²) in [5, 5.41) is 2.92. The van der Waals surface area contributed by atoms with Crippen molar-refractivity contribution in [2.24, 2.45) is 0 Å². The van der Waals surface area contributed by atoms with Crippen molar-refractivity contribution < 1.29 is 9.53 Å². The fourth-order valence-electron chi connectivity index (χ4n) is 2.13. The number of benzene rings is 1. The number of ether oxygens (including phenoxy) is 1. The first-order chi connectivity index (χ1) is 8.95. The Balaban J connectivity index is 2.06. The molecule has 2 atom stereocenters. The van der Waals surface area contributed by atoms with Crippen LogP contribution >= 0.6 is 31.9 Å². The third-order valence-electron chi connectivity index (χ3n) is 2.88. The summed E-state index contributed by atoms with van der Waals surface area (Å²) in [5.74, 6) is 0. The molecule has 104 valence electrons. The topological polar surface area (TPSA) is 41.6 Å². The van der Waals surface area contributed by atoms with E-state index in [2.05, 4.69) is 37.2 Å². The van der Waals surface area contributed by atoms with Gasteiger partial charge in [0.2, 0.25) is 0 Å². The van der Waals surface area contributed by atoms with E-state index in [1.807, 2.05) is 32.0 Å². The number of rotatable bonds is 1. The molecule has 2 rings (SSSR count). The number of carbonyl (C=O) groups excluding carboxylic acids is 1. The van der Waals surface area contributed by atoms with Gasteiger partial charge in [0.1, 0.15) is 0 Å². The molecule has 4 nitrogen and oxygen atoms in total. The van der Waals surface area contributed by atoms with Gasteiger partial charge >= 0.3 is 6.03 Å². The van der Waals surface area contributed by atoms with Gasteiger partial charge in [0, 0.05) is 22.0 Å². The van der Waals surface area contributed by atoms with Crippen molar-refractivity contribution in [3.63, 3.8) is 0 Å². The Kier molecular flexibility index (Phi) is 4.86. The molecule has 0 spiro atoms. The minimum absolute atomic E-state index is 0.0699. The molecule has 1 saturated heterocycles. The number of urea groups is 1. The monoisotopic (exact) mass is 390 g/mol. The van der Waals surface area contributed by atoms with Gasteiger partial charge in [0.15, 0.2) is 0 Å². The first-order valence-corrected chi connectivity index (χ1v) is 7.70. The normalized spacial score (nSPS) is 23.3. The number of morpholine rings is 1. The zero-order chi connectivity index (χ0) is 14.0. The van der Waals surface area contributed by atoms with Crippen LogP contribution in [0.2, 0.25) is 0 Å². The van der Waals surface area contributed by atoms with Gasteiger partial charge in [0.05, 0.1) is 17.9 Å². The molecular weight excluding hydrogens is 376 g/mol. The third-order valence-corrected chi connectivity index (χ3v) is 4.06. The highest BCUT2D eigenvalue weighted by molar-refractivity contribution is 9.11. The second-order valence-corrected chi connectivity index (χ2v) is 6.49. The molecule has 19 heavy (non-hydrogen) atoms. The molecule has 6 heteroatoms. The average Bonchev–Trinajstić information content (AvgIpc) is 2.32. The molecule has 0 aliphatic carbocycles. The van der Waals surface area contributed by atoms with Crippen LogP contribution in [0.3, 0.4) is 0 Å². The van der Waals surface area contributed by atoms with Crippen LogP contribution in [-0.2, 0) is 4.74 Å². The highest BCUT2D eigenvalue weighted by Crippen LogP contribution is 2.26. The van der Waals surface area contributed by atoms with Crippen molar-refractivity contribution in [1.29, 1.82) is 0 Å². The predicted molar refractivity (Wildman–Crippen MR) is 82.4 cm³/mol. The first kappa shape index (κ1) is 14.8. The number of nitrogens with one attached hydrogen (secondary N) is 1. The maximum atomic E-state index is 12.2. The standard InChI is InChI=1S/C13H16Br2N2O2/c1-8-6-17(7-9(2)19-8)13(18)16-12-5-10(14)3-4-11(12)15/h3-5,8-9H,6-7H2,1-2H3,(H,16,18)/t8-,9-/m1/s1. The molecule has 1 aliphatic heterocycles. The summed E-state index contributed by atoms with van der Waals surface area (Å²) >= 11 is 6.82. The Labute approximate surface area is 129 Å². The molecule has 2 amide bonds. The summed E-state index contributed by atoms with van der Waals surface area (Å²) in [4.78, 5) is 14.0. The Hall–Kier alpha value is -0.590. The summed E-state index contributed by atoms with van der Waals surface area (Å²) in [6, 6.07) is 5.58. The smallest absolute Gasteiger partial charge is 0.322 e. The lowest BCUT2D eigenvalue weighted by molar-refractivity contribution is -0.0530. The number of hydrogen-bond donors (Lipinski definition) is 1. The van der Waals surface area contributed by atoms with Gasteiger partial charge in [-0.3, -0.25) is 0 Å². The minimum Gasteiger partial charge on any atom is -0.372 e. The second kappa shape index (κ2) is 6.24. The maximum absolute atomic E-state index is 12.2. The molecule has 0 saturated carbocycles.